The summed E-state index contributed by atoms with van der Waals surface area (Å²) in [4.78, 5) is 0. The van der Waals surface area contributed by atoms with Crippen LogP contribution >= 0.6 is 38.5 Å². The lowest BCUT2D eigenvalue weighted by Gasteiger charge is -1.99. The molecule has 0 nitrogen and oxygen atoms in total. The van der Waals surface area contributed by atoms with E-state index in [1.165, 1.54) is 0 Å². The number of hydrogen-bond acceptors (Lipinski definition) is 0. The summed E-state index contributed by atoms with van der Waals surface area (Å²) in [6.07, 6.45) is 0. The van der Waals surface area contributed by atoms with E-state index in [1.807, 2.05) is 12.1 Å². The van der Waals surface area contributed by atoms with E-state index in [4.69, 9.17) is 0 Å². The van der Waals surface area contributed by atoms with Gasteiger partial charge in [-0.15, -0.1) is 0 Å². The second-order valence-electron chi connectivity index (χ2n) is 1.85. The minimum absolute atomic E-state index is 0.405. The maximum absolute atomic E-state index is 12.1. The fraction of sp³-hybridized carbons (Fsp3) is 0.143. The van der Waals surface area contributed by atoms with E-state index < -0.39 is 6.67 Å². The van der Waals surface area contributed by atoms with Gasteiger partial charge in [0, 0.05) is 8.04 Å². The van der Waals surface area contributed by atoms with Crippen LogP contribution in [0.25, 0.3) is 0 Å². The summed E-state index contributed by atoms with van der Waals surface area (Å²) in [5.74, 6) is 0. The number of rotatable bonds is 1. The van der Waals surface area contributed by atoms with Crippen molar-refractivity contribution in [1.82, 2.24) is 0 Å². The van der Waals surface area contributed by atoms with Crippen molar-refractivity contribution in [2.45, 2.75) is 6.67 Å². The predicted octanol–water partition coefficient (Wildman–Crippen LogP) is 3.52. The molecular weight excluding hydrogens is 310 g/mol. The molecule has 0 unspecified atom stereocenters. The first kappa shape index (κ1) is 8.46. The molecule has 0 atom stereocenters. The molecule has 0 radical (unpaired) electrons. The summed E-state index contributed by atoms with van der Waals surface area (Å²) in [6, 6.07) is 5.55. The largest absolute Gasteiger partial charge is 0.246 e. The first-order chi connectivity index (χ1) is 4.75. The van der Waals surface area contributed by atoms with Gasteiger partial charge < -0.3 is 0 Å². The van der Waals surface area contributed by atoms with Crippen LogP contribution in [0, 0.1) is 3.57 Å². The average Bonchev–Trinajstić information content (AvgIpc) is 1.95. The van der Waals surface area contributed by atoms with Crippen molar-refractivity contribution < 1.29 is 4.39 Å². The monoisotopic (exact) mass is 314 g/mol. The van der Waals surface area contributed by atoms with Crippen LogP contribution in [0.15, 0.2) is 22.7 Å². The molecule has 10 heavy (non-hydrogen) atoms. The molecule has 0 aliphatic rings. The van der Waals surface area contributed by atoms with Crippen LogP contribution in [0.1, 0.15) is 5.56 Å². The maximum Gasteiger partial charge on any atom is 0.116 e. The minimum Gasteiger partial charge on any atom is -0.246 e. The molecule has 0 aliphatic heterocycles. The molecule has 0 N–H and O–H groups in total. The Bertz CT molecular complexity index is 237. The molecule has 0 spiro atoms. The zero-order chi connectivity index (χ0) is 7.56. The van der Waals surface area contributed by atoms with Crippen LogP contribution in [0.3, 0.4) is 0 Å². The molecule has 0 saturated carbocycles. The van der Waals surface area contributed by atoms with Gasteiger partial charge in [-0.3, -0.25) is 0 Å². The Balaban J connectivity index is 3.14. The third-order valence-corrected chi connectivity index (χ3v) is 3.75. The highest BCUT2D eigenvalue weighted by Crippen LogP contribution is 2.23. The SMILES string of the molecule is FCc1cccc(I)c1Br. The summed E-state index contributed by atoms with van der Waals surface area (Å²) in [5.41, 5.74) is 0.715. The molecule has 54 valence electrons. The van der Waals surface area contributed by atoms with E-state index in [9.17, 15) is 4.39 Å². The number of benzene rings is 1. The predicted molar refractivity (Wildman–Crippen MR) is 51.7 cm³/mol. The van der Waals surface area contributed by atoms with E-state index in [0.717, 1.165) is 8.04 Å². The third kappa shape index (κ3) is 1.69. The number of hydrogen-bond donors (Lipinski definition) is 0. The van der Waals surface area contributed by atoms with Crippen LogP contribution in [0.4, 0.5) is 4.39 Å². The zero-order valence-corrected chi connectivity index (χ0v) is 8.82. The first-order valence-corrected chi connectivity index (χ1v) is 4.61. The van der Waals surface area contributed by atoms with Crippen molar-refractivity contribution in [2.75, 3.05) is 0 Å². The van der Waals surface area contributed by atoms with Crippen LogP contribution in [-0.4, -0.2) is 0 Å². The van der Waals surface area contributed by atoms with Crippen molar-refractivity contribution in [3.8, 4) is 0 Å². The lowest BCUT2D eigenvalue weighted by atomic mass is 10.2. The Kier molecular flexibility index (Phi) is 3.10. The molecule has 0 fully saturated rings. The molecule has 1 aromatic rings. The second kappa shape index (κ2) is 3.67. The number of alkyl halides is 1. The van der Waals surface area contributed by atoms with E-state index in [2.05, 4.69) is 38.5 Å². The van der Waals surface area contributed by atoms with Crippen molar-refractivity contribution in [1.29, 1.82) is 0 Å². The van der Waals surface area contributed by atoms with Gasteiger partial charge >= 0.3 is 0 Å². The van der Waals surface area contributed by atoms with Gasteiger partial charge in [-0.2, -0.15) is 0 Å². The van der Waals surface area contributed by atoms with Gasteiger partial charge in [0.1, 0.15) is 6.67 Å². The van der Waals surface area contributed by atoms with Gasteiger partial charge in [-0.05, 0) is 50.2 Å². The van der Waals surface area contributed by atoms with Gasteiger partial charge in [0.05, 0.1) is 0 Å². The average molecular weight is 315 g/mol. The normalized spacial score (nSPS) is 9.90. The highest BCUT2D eigenvalue weighted by molar-refractivity contribution is 14.1. The topological polar surface area (TPSA) is 0 Å². The smallest absolute Gasteiger partial charge is 0.116 e. The Labute approximate surface area is 81.1 Å². The van der Waals surface area contributed by atoms with Crippen LogP contribution in [0.5, 0.6) is 0 Å². The van der Waals surface area contributed by atoms with Gasteiger partial charge in [0.15, 0.2) is 0 Å². The minimum atomic E-state index is -0.405. The molecular formula is C7H5BrFI. The highest BCUT2D eigenvalue weighted by Gasteiger charge is 2.00. The fourth-order valence-electron chi connectivity index (χ4n) is 0.652. The lowest BCUT2D eigenvalue weighted by molar-refractivity contribution is 0.484. The Morgan fingerprint density at radius 1 is 1.50 bits per heavy atom. The Morgan fingerprint density at radius 3 is 2.70 bits per heavy atom. The van der Waals surface area contributed by atoms with Gasteiger partial charge in [-0.25, -0.2) is 4.39 Å². The molecule has 0 saturated heterocycles. The summed E-state index contributed by atoms with van der Waals surface area (Å²) in [7, 11) is 0. The molecule has 1 rings (SSSR count). The molecule has 0 heterocycles. The molecule has 0 aromatic heterocycles. The standard InChI is InChI=1S/C7H5BrFI/c8-7-5(4-9)2-1-3-6(7)10/h1-3H,4H2. The van der Waals surface area contributed by atoms with E-state index >= 15 is 0 Å². The molecule has 3 heteroatoms. The Morgan fingerprint density at radius 2 is 2.20 bits per heavy atom. The lowest BCUT2D eigenvalue weighted by Crippen LogP contribution is -1.82. The molecule has 0 aliphatic carbocycles. The molecule has 0 amide bonds. The van der Waals surface area contributed by atoms with Gasteiger partial charge in [-0.1, -0.05) is 12.1 Å². The van der Waals surface area contributed by atoms with E-state index in [-0.39, 0.29) is 0 Å². The van der Waals surface area contributed by atoms with E-state index in [1.54, 1.807) is 6.07 Å². The Hall–Kier alpha value is 0.360. The van der Waals surface area contributed by atoms with E-state index in [0.29, 0.717) is 5.56 Å². The van der Waals surface area contributed by atoms with Crippen LogP contribution in [0.2, 0.25) is 0 Å². The van der Waals surface area contributed by atoms with Gasteiger partial charge in [0.2, 0.25) is 0 Å². The molecule has 0 bridgehead atoms. The summed E-state index contributed by atoms with van der Waals surface area (Å²) in [6.45, 7) is -0.405. The second-order valence-corrected chi connectivity index (χ2v) is 3.80. The quantitative estimate of drug-likeness (QED) is 0.696. The summed E-state index contributed by atoms with van der Waals surface area (Å²) in [5, 5.41) is 0. The van der Waals surface area contributed by atoms with Crippen molar-refractivity contribution in [3.63, 3.8) is 0 Å². The third-order valence-electron chi connectivity index (χ3n) is 1.18. The van der Waals surface area contributed by atoms with Crippen molar-refractivity contribution >= 4 is 38.5 Å². The maximum atomic E-state index is 12.1. The summed E-state index contributed by atoms with van der Waals surface area (Å²) < 4.78 is 14.1. The van der Waals surface area contributed by atoms with Crippen molar-refractivity contribution in [2.24, 2.45) is 0 Å². The summed E-state index contributed by atoms with van der Waals surface area (Å²) >= 11 is 5.45. The highest BCUT2D eigenvalue weighted by atomic mass is 127. The van der Waals surface area contributed by atoms with Crippen LogP contribution < -0.4 is 0 Å². The number of halogens is 3. The fourth-order valence-corrected chi connectivity index (χ4v) is 1.58. The van der Waals surface area contributed by atoms with Crippen LogP contribution in [-0.2, 0) is 6.67 Å². The zero-order valence-electron chi connectivity index (χ0n) is 5.07. The first-order valence-electron chi connectivity index (χ1n) is 2.74. The van der Waals surface area contributed by atoms with Crippen molar-refractivity contribution in [3.05, 3.63) is 31.8 Å². The molecule has 1 aromatic carbocycles. The van der Waals surface area contributed by atoms with Gasteiger partial charge in [0.25, 0.3) is 0 Å².